The van der Waals surface area contributed by atoms with E-state index >= 15 is 0 Å². The number of hydrogen-bond acceptors (Lipinski definition) is 5. The van der Waals surface area contributed by atoms with Gasteiger partial charge in [-0.1, -0.05) is 64.5 Å². The average molecular weight is 408 g/mol. The van der Waals surface area contributed by atoms with Crippen LogP contribution in [0.4, 0.5) is 0 Å². The zero-order valence-electron chi connectivity index (χ0n) is 15.7. The highest BCUT2D eigenvalue weighted by atomic mass is 35.5. The number of amides is 1. The molecule has 0 unspecified atom stereocenters. The van der Waals surface area contributed by atoms with Crippen LogP contribution >= 0.6 is 11.6 Å². The van der Waals surface area contributed by atoms with E-state index in [4.69, 9.17) is 11.6 Å². The third-order valence-electron chi connectivity index (χ3n) is 4.39. The van der Waals surface area contributed by atoms with Crippen LogP contribution in [0.2, 0.25) is 5.02 Å². The molecular weight excluding hydrogens is 390 g/mol. The van der Waals surface area contributed by atoms with E-state index in [9.17, 15) is 4.79 Å². The normalized spacial score (nSPS) is 10.8. The van der Waals surface area contributed by atoms with Crippen molar-refractivity contribution in [3.63, 3.8) is 0 Å². The molecule has 0 bridgehead atoms. The number of benzene rings is 2. The lowest BCUT2D eigenvalue weighted by Gasteiger charge is -2.05. The predicted molar refractivity (Wildman–Crippen MR) is 108 cm³/mol. The van der Waals surface area contributed by atoms with E-state index in [2.05, 4.69) is 25.9 Å². The van der Waals surface area contributed by atoms with Crippen LogP contribution in [0.25, 0.3) is 5.69 Å². The van der Waals surface area contributed by atoms with Crippen LogP contribution in [0.15, 0.2) is 60.8 Å². The van der Waals surface area contributed by atoms with Gasteiger partial charge in [0.1, 0.15) is 5.69 Å². The monoisotopic (exact) mass is 407 g/mol. The molecular formula is C20H18ClN7O. The summed E-state index contributed by atoms with van der Waals surface area (Å²) in [6.45, 7) is 2.63. The molecule has 2 heterocycles. The van der Waals surface area contributed by atoms with Crippen molar-refractivity contribution in [1.29, 1.82) is 0 Å². The Morgan fingerprint density at radius 3 is 2.59 bits per heavy atom. The molecule has 4 rings (SSSR count). The van der Waals surface area contributed by atoms with Gasteiger partial charge in [0, 0.05) is 0 Å². The zero-order valence-corrected chi connectivity index (χ0v) is 16.4. The molecule has 2 aromatic heterocycles. The molecule has 1 N–H and O–H groups in total. The van der Waals surface area contributed by atoms with Gasteiger partial charge in [-0.25, -0.2) is 9.36 Å². The van der Waals surface area contributed by atoms with E-state index in [1.54, 1.807) is 28.6 Å². The third-order valence-corrected chi connectivity index (χ3v) is 4.71. The minimum atomic E-state index is -0.335. The Labute approximate surface area is 172 Å². The summed E-state index contributed by atoms with van der Waals surface area (Å²) in [5.74, 6) is -0.335. The van der Waals surface area contributed by atoms with Crippen molar-refractivity contribution in [3.8, 4) is 5.69 Å². The van der Waals surface area contributed by atoms with Gasteiger partial charge in [0.2, 0.25) is 0 Å². The van der Waals surface area contributed by atoms with Gasteiger partial charge in [0.25, 0.3) is 5.91 Å². The smallest absolute Gasteiger partial charge is 0.274 e. The van der Waals surface area contributed by atoms with Gasteiger partial charge in [-0.3, -0.25) is 4.79 Å². The maximum Gasteiger partial charge on any atom is 0.274 e. The van der Waals surface area contributed by atoms with E-state index < -0.39 is 0 Å². The molecule has 4 aromatic rings. The molecule has 0 saturated heterocycles. The quantitative estimate of drug-likeness (QED) is 0.530. The first-order valence-corrected chi connectivity index (χ1v) is 9.38. The van der Waals surface area contributed by atoms with Gasteiger partial charge in [-0.2, -0.15) is 0 Å². The van der Waals surface area contributed by atoms with Gasteiger partial charge < -0.3 is 5.32 Å². The largest absolute Gasteiger partial charge is 0.345 e. The van der Waals surface area contributed by atoms with Crippen molar-refractivity contribution >= 4 is 17.5 Å². The van der Waals surface area contributed by atoms with Crippen LogP contribution in [0.5, 0.6) is 0 Å². The number of nitrogens with one attached hydrogen (secondary N) is 1. The summed E-state index contributed by atoms with van der Waals surface area (Å²) in [6, 6.07) is 17.2. The first kappa shape index (κ1) is 18.8. The van der Waals surface area contributed by atoms with Gasteiger partial charge >= 0.3 is 0 Å². The molecule has 9 heteroatoms. The molecule has 1 amide bonds. The maximum absolute atomic E-state index is 12.6. The van der Waals surface area contributed by atoms with E-state index in [0.717, 1.165) is 5.56 Å². The first-order valence-electron chi connectivity index (χ1n) is 9.00. The summed E-state index contributed by atoms with van der Waals surface area (Å²) in [5, 5.41) is 19.6. The van der Waals surface area contributed by atoms with Crippen molar-refractivity contribution < 1.29 is 4.79 Å². The van der Waals surface area contributed by atoms with Crippen LogP contribution in [-0.2, 0) is 13.1 Å². The second-order valence-electron chi connectivity index (χ2n) is 6.46. The Bertz CT molecular complexity index is 1140. The third kappa shape index (κ3) is 4.17. The van der Waals surface area contributed by atoms with E-state index in [0.29, 0.717) is 28.6 Å². The van der Waals surface area contributed by atoms with E-state index in [-0.39, 0.29) is 18.1 Å². The van der Waals surface area contributed by atoms with Crippen LogP contribution < -0.4 is 5.32 Å². The molecule has 0 aliphatic rings. The Hall–Kier alpha value is -3.52. The molecule has 0 spiro atoms. The highest BCUT2D eigenvalue weighted by Crippen LogP contribution is 2.21. The number of aromatic nitrogens is 6. The minimum absolute atomic E-state index is 0.238. The van der Waals surface area contributed by atoms with Crippen molar-refractivity contribution in [2.24, 2.45) is 0 Å². The van der Waals surface area contributed by atoms with Crippen LogP contribution in [-0.4, -0.2) is 35.9 Å². The Morgan fingerprint density at radius 1 is 1.03 bits per heavy atom. The zero-order chi connectivity index (χ0) is 20.2. The number of rotatable bonds is 6. The van der Waals surface area contributed by atoms with Crippen molar-refractivity contribution in [1.82, 2.24) is 35.3 Å². The summed E-state index contributed by atoms with van der Waals surface area (Å²) in [6.07, 6.45) is 1.81. The lowest BCUT2D eigenvalue weighted by atomic mass is 10.2. The fourth-order valence-corrected chi connectivity index (χ4v) is 3.13. The number of carbonyl (C=O) groups excluding carboxylic acids is 1. The summed E-state index contributed by atoms with van der Waals surface area (Å²) in [5.41, 5.74) is 3.29. The Balaban J connectivity index is 1.41. The standard InChI is InChI=1S/C20H18ClN7O/c1-14-19(24-26-28(14)18-10-6-5-9-17(18)21)20(29)22-11-16-13-27(25-23-16)12-15-7-3-2-4-8-15/h2-10,13H,11-12H2,1H3,(H,22,29). The molecule has 0 radical (unpaired) electrons. The molecule has 8 nitrogen and oxygen atoms in total. The molecule has 0 aliphatic heterocycles. The lowest BCUT2D eigenvalue weighted by molar-refractivity contribution is 0.0944. The van der Waals surface area contributed by atoms with Crippen LogP contribution in [0.1, 0.15) is 27.4 Å². The minimum Gasteiger partial charge on any atom is -0.345 e. The fourth-order valence-electron chi connectivity index (χ4n) is 2.91. The molecule has 0 aliphatic carbocycles. The van der Waals surface area contributed by atoms with Crippen molar-refractivity contribution in [2.75, 3.05) is 0 Å². The van der Waals surface area contributed by atoms with Crippen LogP contribution in [0, 0.1) is 6.92 Å². The number of para-hydroxylation sites is 1. The fraction of sp³-hybridized carbons (Fsp3) is 0.150. The maximum atomic E-state index is 12.6. The van der Waals surface area contributed by atoms with E-state index in [1.165, 1.54) is 0 Å². The average Bonchev–Trinajstić information content (AvgIpc) is 3.34. The summed E-state index contributed by atoms with van der Waals surface area (Å²) < 4.78 is 3.28. The topological polar surface area (TPSA) is 90.5 Å². The molecule has 146 valence electrons. The predicted octanol–water partition coefficient (Wildman–Crippen LogP) is 2.80. The Kier molecular flexibility index (Phi) is 5.35. The summed E-state index contributed by atoms with van der Waals surface area (Å²) in [4.78, 5) is 12.6. The first-order chi connectivity index (χ1) is 14.1. The molecule has 0 saturated carbocycles. The number of hydrogen-bond donors (Lipinski definition) is 1. The number of carbonyl (C=O) groups is 1. The molecule has 2 aromatic carbocycles. The number of halogens is 1. The van der Waals surface area contributed by atoms with E-state index in [1.807, 2.05) is 48.5 Å². The highest BCUT2D eigenvalue weighted by molar-refractivity contribution is 6.32. The van der Waals surface area contributed by atoms with Crippen molar-refractivity contribution in [2.45, 2.75) is 20.0 Å². The summed E-state index contributed by atoms with van der Waals surface area (Å²) in [7, 11) is 0. The molecule has 0 fully saturated rings. The second kappa shape index (κ2) is 8.24. The summed E-state index contributed by atoms with van der Waals surface area (Å²) >= 11 is 6.21. The van der Waals surface area contributed by atoms with Gasteiger partial charge in [-0.05, 0) is 24.6 Å². The second-order valence-corrected chi connectivity index (χ2v) is 6.87. The van der Waals surface area contributed by atoms with Gasteiger partial charge in [0.15, 0.2) is 5.69 Å². The van der Waals surface area contributed by atoms with Gasteiger partial charge in [-0.15, -0.1) is 10.2 Å². The van der Waals surface area contributed by atoms with Crippen molar-refractivity contribution in [3.05, 3.63) is 88.5 Å². The molecule has 29 heavy (non-hydrogen) atoms. The highest BCUT2D eigenvalue weighted by Gasteiger charge is 2.18. The molecule has 0 atom stereocenters. The van der Waals surface area contributed by atoms with Gasteiger partial charge in [0.05, 0.1) is 35.7 Å². The Morgan fingerprint density at radius 2 is 1.79 bits per heavy atom. The number of nitrogens with zero attached hydrogens (tertiary/aromatic N) is 6. The lowest BCUT2D eigenvalue weighted by Crippen LogP contribution is -2.24. The SMILES string of the molecule is Cc1c(C(=O)NCc2cn(Cc3ccccc3)nn2)nnn1-c1ccccc1Cl. The van der Waals surface area contributed by atoms with Crippen LogP contribution in [0.3, 0.4) is 0 Å².